The number of carbonyl (C=O) groups excluding carboxylic acids is 1. The van der Waals surface area contributed by atoms with E-state index in [2.05, 4.69) is 5.32 Å². The average molecular weight is 313 g/mol. The van der Waals surface area contributed by atoms with Crippen LogP contribution < -0.4 is 5.32 Å². The highest BCUT2D eigenvalue weighted by Crippen LogP contribution is 2.22. The molecule has 0 aliphatic rings. The van der Waals surface area contributed by atoms with Crippen LogP contribution in [0.15, 0.2) is 41.3 Å². The Labute approximate surface area is 122 Å². The molecule has 0 aliphatic carbocycles. The summed E-state index contributed by atoms with van der Waals surface area (Å²) in [4.78, 5) is 12.4. The van der Waals surface area contributed by atoms with Gasteiger partial charge in [-0.3, -0.25) is 4.79 Å². The van der Waals surface area contributed by atoms with Gasteiger partial charge in [-0.2, -0.15) is 0 Å². The second kappa shape index (κ2) is 6.53. The molecular weight excluding hydrogens is 303 g/mol. The van der Waals surface area contributed by atoms with Crippen LogP contribution in [0.5, 0.6) is 5.75 Å². The van der Waals surface area contributed by atoms with Crippen LogP contribution in [0.4, 0.5) is 18.9 Å². The van der Waals surface area contributed by atoms with Crippen molar-refractivity contribution in [3.05, 3.63) is 53.8 Å². The normalized spacial score (nSPS) is 10.4. The number of hydrogen-bond donors (Lipinski definition) is 2. The lowest BCUT2D eigenvalue weighted by atomic mass is 10.3. The number of benzene rings is 2. The molecule has 0 saturated heterocycles. The van der Waals surface area contributed by atoms with E-state index >= 15 is 0 Å². The van der Waals surface area contributed by atoms with Crippen molar-refractivity contribution in [2.45, 2.75) is 4.90 Å². The van der Waals surface area contributed by atoms with E-state index in [1.807, 2.05) is 0 Å². The maximum atomic E-state index is 13.4. The van der Waals surface area contributed by atoms with Crippen LogP contribution in [0, 0.1) is 17.5 Å². The Balaban J connectivity index is 1.96. The number of carbonyl (C=O) groups is 1. The molecule has 2 aromatic carbocycles. The maximum Gasteiger partial charge on any atom is 0.234 e. The SMILES string of the molecule is O=C(CSc1ccc(O)cc1)Nc1ccc(F)c(F)c1F. The van der Waals surface area contributed by atoms with Crippen LogP contribution >= 0.6 is 11.8 Å². The van der Waals surface area contributed by atoms with Crippen molar-refractivity contribution in [3.63, 3.8) is 0 Å². The Bertz CT molecular complexity index is 662. The van der Waals surface area contributed by atoms with Gasteiger partial charge >= 0.3 is 0 Å². The number of hydrogen-bond acceptors (Lipinski definition) is 3. The van der Waals surface area contributed by atoms with E-state index < -0.39 is 29.0 Å². The fourth-order valence-corrected chi connectivity index (χ4v) is 2.20. The minimum Gasteiger partial charge on any atom is -0.508 e. The second-order valence-electron chi connectivity index (χ2n) is 4.05. The van der Waals surface area contributed by atoms with Gasteiger partial charge in [0.1, 0.15) is 5.75 Å². The Morgan fingerprint density at radius 1 is 1.05 bits per heavy atom. The second-order valence-corrected chi connectivity index (χ2v) is 5.10. The molecule has 1 amide bonds. The Kier molecular flexibility index (Phi) is 4.74. The van der Waals surface area contributed by atoms with Crippen LogP contribution in [-0.4, -0.2) is 16.8 Å². The lowest BCUT2D eigenvalue weighted by molar-refractivity contribution is -0.113. The van der Waals surface area contributed by atoms with E-state index in [1.165, 1.54) is 12.1 Å². The van der Waals surface area contributed by atoms with Gasteiger partial charge in [0.05, 0.1) is 11.4 Å². The first kappa shape index (κ1) is 15.2. The number of anilines is 1. The number of phenolic OH excluding ortho intramolecular Hbond substituents is 1. The summed E-state index contributed by atoms with van der Waals surface area (Å²) in [6, 6.07) is 7.86. The van der Waals surface area contributed by atoms with E-state index in [1.54, 1.807) is 12.1 Å². The fraction of sp³-hybridized carbons (Fsp3) is 0.0714. The van der Waals surface area contributed by atoms with Crippen molar-refractivity contribution in [2.24, 2.45) is 0 Å². The van der Waals surface area contributed by atoms with Gasteiger partial charge in [0, 0.05) is 4.90 Å². The molecule has 0 unspecified atom stereocenters. The number of aromatic hydroxyl groups is 1. The predicted molar refractivity (Wildman–Crippen MR) is 73.8 cm³/mol. The van der Waals surface area contributed by atoms with E-state index in [0.29, 0.717) is 0 Å². The van der Waals surface area contributed by atoms with Crippen molar-refractivity contribution >= 4 is 23.4 Å². The third-order valence-electron chi connectivity index (χ3n) is 2.52. The van der Waals surface area contributed by atoms with Crippen molar-refractivity contribution in [1.82, 2.24) is 0 Å². The molecule has 0 spiro atoms. The summed E-state index contributed by atoms with van der Waals surface area (Å²) in [6.45, 7) is 0. The van der Waals surface area contributed by atoms with Crippen molar-refractivity contribution in [2.75, 3.05) is 11.1 Å². The zero-order valence-corrected chi connectivity index (χ0v) is 11.4. The van der Waals surface area contributed by atoms with Gasteiger partial charge in [0.15, 0.2) is 17.5 Å². The summed E-state index contributed by atoms with van der Waals surface area (Å²) in [5, 5.41) is 11.3. The number of amides is 1. The molecule has 0 atom stereocenters. The van der Waals surface area contributed by atoms with Crippen molar-refractivity contribution in [3.8, 4) is 5.75 Å². The summed E-state index contributed by atoms with van der Waals surface area (Å²) >= 11 is 1.16. The van der Waals surface area contributed by atoms with Gasteiger partial charge in [-0.15, -0.1) is 11.8 Å². The molecule has 0 fully saturated rings. The number of thioether (sulfide) groups is 1. The first-order valence-corrected chi connectivity index (χ1v) is 6.81. The van der Waals surface area contributed by atoms with Gasteiger partial charge in [0.25, 0.3) is 0 Å². The van der Waals surface area contributed by atoms with E-state index in [-0.39, 0.29) is 11.5 Å². The Morgan fingerprint density at radius 2 is 1.71 bits per heavy atom. The maximum absolute atomic E-state index is 13.4. The predicted octanol–water partition coefficient (Wildman–Crippen LogP) is 3.54. The zero-order valence-electron chi connectivity index (χ0n) is 10.6. The summed E-state index contributed by atoms with van der Waals surface area (Å²) in [6.07, 6.45) is 0. The molecule has 3 nitrogen and oxygen atoms in total. The first-order valence-electron chi connectivity index (χ1n) is 5.82. The van der Waals surface area contributed by atoms with Gasteiger partial charge in [-0.25, -0.2) is 13.2 Å². The summed E-state index contributed by atoms with van der Waals surface area (Å²) in [5.41, 5.74) is -0.412. The highest BCUT2D eigenvalue weighted by Gasteiger charge is 2.15. The molecule has 2 aromatic rings. The van der Waals surface area contributed by atoms with Crippen LogP contribution in [0.2, 0.25) is 0 Å². The van der Waals surface area contributed by atoms with Crippen molar-refractivity contribution in [1.29, 1.82) is 0 Å². The molecule has 0 heterocycles. The minimum atomic E-state index is -1.63. The van der Waals surface area contributed by atoms with E-state index in [4.69, 9.17) is 5.11 Å². The monoisotopic (exact) mass is 313 g/mol. The van der Waals surface area contributed by atoms with E-state index in [9.17, 15) is 18.0 Å². The van der Waals surface area contributed by atoms with Crippen LogP contribution in [0.3, 0.4) is 0 Å². The Hall–Kier alpha value is -2.15. The quantitative estimate of drug-likeness (QED) is 0.670. The largest absolute Gasteiger partial charge is 0.508 e. The lowest BCUT2D eigenvalue weighted by Gasteiger charge is -2.07. The molecule has 0 bridgehead atoms. The highest BCUT2D eigenvalue weighted by molar-refractivity contribution is 8.00. The first-order chi connectivity index (χ1) is 9.97. The molecule has 0 aromatic heterocycles. The summed E-state index contributed by atoms with van der Waals surface area (Å²) in [7, 11) is 0. The molecule has 0 saturated carbocycles. The molecule has 0 radical (unpaired) electrons. The molecule has 2 N–H and O–H groups in total. The number of halogens is 3. The summed E-state index contributed by atoms with van der Waals surface area (Å²) in [5.74, 6) is -4.87. The van der Waals surface area contributed by atoms with Crippen LogP contribution in [0.1, 0.15) is 0 Å². The highest BCUT2D eigenvalue weighted by atomic mass is 32.2. The average Bonchev–Trinajstić information content (AvgIpc) is 2.47. The third kappa shape index (κ3) is 3.91. The van der Waals surface area contributed by atoms with Gasteiger partial charge < -0.3 is 10.4 Å². The molecule has 21 heavy (non-hydrogen) atoms. The van der Waals surface area contributed by atoms with Crippen LogP contribution in [0.25, 0.3) is 0 Å². The van der Waals surface area contributed by atoms with Gasteiger partial charge in [0.2, 0.25) is 5.91 Å². The zero-order chi connectivity index (χ0) is 15.4. The number of phenols is 1. The molecule has 110 valence electrons. The van der Waals surface area contributed by atoms with Gasteiger partial charge in [-0.1, -0.05) is 0 Å². The Morgan fingerprint density at radius 3 is 2.38 bits per heavy atom. The number of nitrogens with one attached hydrogen (secondary N) is 1. The standard InChI is InChI=1S/C14H10F3NO2S/c15-10-5-6-11(14(17)13(10)16)18-12(20)7-21-9-3-1-8(19)2-4-9/h1-6,19H,7H2,(H,18,20). The van der Waals surface area contributed by atoms with Crippen LogP contribution in [-0.2, 0) is 4.79 Å². The molecule has 0 aliphatic heterocycles. The fourth-order valence-electron chi connectivity index (χ4n) is 1.50. The number of rotatable bonds is 4. The minimum absolute atomic E-state index is 0.0385. The van der Waals surface area contributed by atoms with Gasteiger partial charge in [-0.05, 0) is 36.4 Å². The lowest BCUT2D eigenvalue weighted by Crippen LogP contribution is -2.15. The molecule has 2 rings (SSSR count). The smallest absolute Gasteiger partial charge is 0.234 e. The topological polar surface area (TPSA) is 49.3 Å². The summed E-state index contributed by atoms with van der Waals surface area (Å²) < 4.78 is 39.1. The third-order valence-corrected chi connectivity index (χ3v) is 3.53. The molecule has 7 heteroatoms. The van der Waals surface area contributed by atoms with E-state index in [0.717, 1.165) is 28.8 Å². The van der Waals surface area contributed by atoms with Crippen molar-refractivity contribution < 1.29 is 23.1 Å². The molecular formula is C14H10F3NO2S.